The molecule has 0 bridgehead atoms. The summed E-state index contributed by atoms with van der Waals surface area (Å²) < 4.78 is 0. The molecule has 54 valence electrons. The normalized spacial score (nSPS) is 43.7. The van der Waals surface area contributed by atoms with Gasteiger partial charge in [-0.15, -0.1) is 0 Å². The maximum Gasteiger partial charge on any atom is -0.00206 e. The van der Waals surface area contributed by atoms with Gasteiger partial charge in [-0.25, -0.2) is 0 Å². The van der Waals surface area contributed by atoms with Gasteiger partial charge in [0.25, 0.3) is 0 Å². The Labute approximate surface area is 57.6 Å². The molecule has 1 nitrogen and oxygen atoms in total. The Hall–Kier alpha value is -0.0400. The number of nitrogens with two attached hydrogens (primary N) is 1. The van der Waals surface area contributed by atoms with Gasteiger partial charge in [0.2, 0.25) is 0 Å². The van der Waals surface area contributed by atoms with Crippen molar-refractivity contribution in [1.29, 1.82) is 0 Å². The van der Waals surface area contributed by atoms with Crippen molar-refractivity contribution in [2.24, 2.45) is 17.1 Å². The molecule has 1 rings (SSSR count). The largest absolute Gasteiger partial charge is 0.330 e. The van der Waals surface area contributed by atoms with Crippen molar-refractivity contribution < 1.29 is 0 Å². The van der Waals surface area contributed by atoms with E-state index in [4.69, 9.17) is 5.73 Å². The average Bonchev–Trinajstić information content (AvgIpc) is 2.15. The van der Waals surface area contributed by atoms with Crippen LogP contribution < -0.4 is 5.73 Å². The molecule has 0 aliphatic heterocycles. The van der Waals surface area contributed by atoms with Gasteiger partial charge in [0.15, 0.2) is 0 Å². The first-order chi connectivity index (χ1) is 4.19. The van der Waals surface area contributed by atoms with Gasteiger partial charge in [-0.3, -0.25) is 0 Å². The molecule has 0 radical (unpaired) electrons. The van der Waals surface area contributed by atoms with E-state index in [-0.39, 0.29) is 0 Å². The van der Waals surface area contributed by atoms with E-state index < -0.39 is 0 Å². The highest BCUT2D eigenvalue weighted by Crippen LogP contribution is 2.41. The Kier molecular flexibility index (Phi) is 1.80. The van der Waals surface area contributed by atoms with Crippen molar-refractivity contribution in [3.63, 3.8) is 0 Å². The summed E-state index contributed by atoms with van der Waals surface area (Å²) in [6, 6.07) is 0. The van der Waals surface area contributed by atoms with Gasteiger partial charge in [-0.05, 0) is 24.3 Å². The fourth-order valence-electron chi connectivity index (χ4n) is 1.71. The molecule has 1 saturated carbocycles. The summed E-state index contributed by atoms with van der Waals surface area (Å²) in [6.07, 6.45) is 4.10. The van der Waals surface area contributed by atoms with Crippen molar-refractivity contribution >= 4 is 0 Å². The van der Waals surface area contributed by atoms with Gasteiger partial charge in [-0.2, -0.15) is 0 Å². The lowest BCUT2D eigenvalue weighted by molar-refractivity contribution is 0.258. The highest BCUT2D eigenvalue weighted by Gasteiger charge is 2.33. The summed E-state index contributed by atoms with van der Waals surface area (Å²) in [4.78, 5) is 0. The highest BCUT2D eigenvalue weighted by molar-refractivity contribution is 4.86. The predicted molar refractivity (Wildman–Crippen MR) is 40.2 cm³/mol. The zero-order valence-electron chi connectivity index (χ0n) is 6.48. The Morgan fingerprint density at radius 3 is 2.56 bits per heavy atom. The predicted octanol–water partition coefficient (Wildman–Crippen LogP) is 1.77. The van der Waals surface area contributed by atoms with Gasteiger partial charge >= 0.3 is 0 Å². The quantitative estimate of drug-likeness (QED) is 0.570. The van der Waals surface area contributed by atoms with Crippen LogP contribution >= 0.6 is 0 Å². The van der Waals surface area contributed by atoms with Crippen LogP contribution in [0.2, 0.25) is 0 Å². The molecule has 0 aromatic rings. The van der Waals surface area contributed by atoms with E-state index in [1.54, 1.807) is 0 Å². The zero-order valence-corrected chi connectivity index (χ0v) is 6.48. The first-order valence-corrected chi connectivity index (χ1v) is 3.89. The monoisotopic (exact) mass is 127 g/mol. The van der Waals surface area contributed by atoms with Crippen LogP contribution in [0, 0.1) is 11.3 Å². The van der Waals surface area contributed by atoms with E-state index in [1.807, 2.05) is 0 Å². The summed E-state index contributed by atoms with van der Waals surface area (Å²) in [7, 11) is 0. The molecular formula is C8H17N. The lowest BCUT2D eigenvalue weighted by Crippen LogP contribution is -2.29. The molecule has 2 atom stereocenters. The molecule has 9 heavy (non-hydrogen) atoms. The van der Waals surface area contributed by atoms with Crippen molar-refractivity contribution in [2.45, 2.75) is 33.1 Å². The third kappa shape index (κ3) is 1.11. The minimum atomic E-state index is 0.472. The summed E-state index contributed by atoms with van der Waals surface area (Å²) in [6.45, 7) is 5.50. The fraction of sp³-hybridized carbons (Fsp3) is 1.00. The van der Waals surface area contributed by atoms with Crippen LogP contribution in [0.3, 0.4) is 0 Å². The first-order valence-electron chi connectivity index (χ1n) is 3.89. The molecule has 1 aliphatic rings. The van der Waals surface area contributed by atoms with Crippen LogP contribution in [0.15, 0.2) is 0 Å². The van der Waals surface area contributed by atoms with Crippen LogP contribution in [0.1, 0.15) is 33.1 Å². The van der Waals surface area contributed by atoms with Gasteiger partial charge in [0, 0.05) is 0 Å². The molecule has 1 heteroatoms. The van der Waals surface area contributed by atoms with Crippen molar-refractivity contribution in [3.8, 4) is 0 Å². The third-order valence-corrected chi connectivity index (χ3v) is 3.04. The summed E-state index contributed by atoms with van der Waals surface area (Å²) in [5.74, 6) is 0.850. The van der Waals surface area contributed by atoms with Crippen LogP contribution in [-0.4, -0.2) is 6.54 Å². The van der Waals surface area contributed by atoms with E-state index in [0.29, 0.717) is 5.41 Å². The molecule has 0 aromatic heterocycles. The van der Waals surface area contributed by atoms with E-state index >= 15 is 0 Å². The van der Waals surface area contributed by atoms with E-state index in [1.165, 1.54) is 19.3 Å². The molecule has 0 heterocycles. The minimum absolute atomic E-state index is 0.472. The standard InChI is InChI=1S/C8H17N/c1-7-4-3-5-8(7,2)6-9/h7H,3-6,9H2,1-2H3/t7-,8+/m1/s1. The minimum Gasteiger partial charge on any atom is -0.330 e. The molecule has 1 fully saturated rings. The van der Waals surface area contributed by atoms with Crippen molar-refractivity contribution in [1.82, 2.24) is 0 Å². The van der Waals surface area contributed by atoms with Crippen molar-refractivity contribution in [2.75, 3.05) is 6.54 Å². The molecular weight excluding hydrogens is 110 g/mol. The molecule has 1 aliphatic carbocycles. The van der Waals surface area contributed by atoms with Crippen LogP contribution in [0.4, 0.5) is 0 Å². The fourth-order valence-corrected chi connectivity index (χ4v) is 1.71. The van der Waals surface area contributed by atoms with Crippen LogP contribution in [-0.2, 0) is 0 Å². The maximum atomic E-state index is 5.66. The molecule has 2 N–H and O–H groups in total. The summed E-state index contributed by atoms with van der Waals surface area (Å²) >= 11 is 0. The summed E-state index contributed by atoms with van der Waals surface area (Å²) in [5, 5.41) is 0. The van der Waals surface area contributed by atoms with Crippen LogP contribution in [0.25, 0.3) is 0 Å². The van der Waals surface area contributed by atoms with Crippen molar-refractivity contribution in [3.05, 3.63) is 0 Å². The lowest BCUT2D eigenvalue weighted by atomic mass is 9.81. The highest BCUT2D eigenvalue weighted by atomic mass is 14.6. The second-order valence-corrected chi connectivity index (χ2v) is 3.65. The Balaban J connectivity index is 2.56. The average molecular weight is 127 g/mol. The molecule has 0 saturated heterocycles. The second kappa shape index (κ2) is 2.30. The Bertz CT molecular complexity index is 101. The third-order valence-electron chi connectivity index (χ3n) is 3.04. The topological polar surface area (TPSA) is 26.0 Å². The summed E-state index contributed by atoms with van der Waals surface area (Å²) in [5.41, 5.74) is 6.13. The van der Waals surface area contributed by atoms with E-state index in [2.05, 4.69) is 13.8 Å². The number of hydrogen-bond acceptors (Lipinski definition) is 1. The molecule has 0 amide bonds. The Morgan fingerprint density at radius 2 is 2.33 bits per heavy atom. The van der Waals surface area contributed by atoms with Gasteiger partial charge in [0.05, 0.1) is 0 Å². The molecule has 0 unspecified atom stereocenters. The lowest BCUT2D eigenvalue weighted by Gasteiger charge is -2.26. The Morgan fingerprint density at radius 1 is 1.67 bits per heavy atom. The van der Waals surface area contributed by atoms with E-state index in [9.17, 15) is 0 Å². The van der Waals surface area contributed by atoms with Gasteiger partial charge in [0.1, 0.15) is 0 Å². The maximum absolute atomic E-state index is 5.66. The van der Waals surface area contributed by atoms with Gasteiger partial charge < -0.3 is 5.73 Å². The zero-order chi connectivity index (χ0) is 6.91. The van der Waals surface area contributed by atoms with Gasteiger partial charge in [-0.1, -0.05) is 26.7 Å². The number of hydrogen-bond donors (Lipinski definition) is 1. The second-order valence-electron chi connectivity index (χ2n) is 3.65. The van der Waals surface area contributed by atoms with E-state index in [0.717, 1.165) is 12.5 Å². The molecule has 0 spiro atoms. The number of rotatable bonds is 1. The van der Waals surface area contributed by atoms with Crippen LogP contribution in [0.5, 0.6) is 0 Å². The molecule has 0 aromatic carbocycles. The SMILES string of the molecule is C[C@@H]1CCC[C@@]1(C)CN. The smallest absolute Gasteiger partial charge is 0.00206 e. The first kappa shape index (κ1) is 7.07.